The van der Waals surface area contributed by atoms with Crippen LogP contribution in [0.5, 0.6) is 0 Å². The topological polar surface area (TPSA) is 17.1 Å². The Balaban J connectivity index is 0.000000236. The Morgan fingerprint density at radius 1 is 0.800 bits per heavy atom. The van der Waals surface area contributed by atoms with Gasteiger partial charge in [-0.2, -0.15) is 0 Å². The van der Waals surface area contributed by atoms with Crippen molar-refractivity contribution in [2.75, 3.05) is 0 Å². The molecule has 1 aliphatic carbocycles. The van der Waals surface area contributed by atoms with Crippen LogP contribution in [0, 0.1) is 0 Å². The maximum absolute atomic E-state index is 8.57. The second-order valence-corrected chi connectivity index (χ2v) is 2.74. The fourth-order valence-corrected chi connectivity index (χ4v) is 1.24. The number of rotatable bonds is 0. The number of carbonyl (C=O) groups is 1. The predicted molar refractivity (Wildman–Crippen MR) is 44.9 cm³/mol. The van der Waals surface area contributed by atoms with E-state index in [1.165, 1.54) is 44.9 Å². The first-order valence-electron chi connectivity index (χ1n) is 3.95. The van der Waals surface area contributed by atoms with Gasteiger partial charge in [-0.15, -0.1) is 0 Å². The Hall–Kier alpha value is -0.0400. The van der Waals surface area contributed by atoms with Crippen LogP contribution >= 0.6 is 11.6 Å². The molecule has 1 nitrogen and oxygen atoms in total. The Morgan fingerprint density at radius 2 is 0.900 bits per heavy atom. The summed E-state index contributed by atoms with van der Waals surface area (Å²) in [6.07, 6.45) is 10.5. The molecule has 0 atom stereocenters. The average molecular weight is 163 g/mol. The molecule has 0 heterocycles. The van der Waals surface area contributed by atoms with Gasteiger partial charge in [0.2, 0.25) is 5.75 Å². The van der Waals surface area contributed by atoms with Crippen molar-refractivity contribution in [1.29, 1.82) is 0 Å². The van der Waals surface area contributed by atoms with Crippen LogP contribution in [-0.2, 0) is 4.79 Å². The first-order valence-corrected chi connectivity index (χ1v) is 4.39. The van der Waals surface area contributed by atoms with E-state index < -0.39 is 0 Å². The van der Waals surface area contributed by atoms with E-state index in [-0.39, 0.29) is 5.75 Å². The molecule has 0 saturated heterocycles. The molecule has 0 bridgehead atoms. The van der Waals surface area contributed by atoms with Gasteiger partial charge >= 0.3 is 0 Å². The molecule has 0 aromatic heterocycles. The van der Waals surface area contributed by atoms with Gasteiger partial charge < -0.3 is 0 Å². The van der Waals surface area contributed by atoms with Crippen LogP contribution in [0.3, 0.4) is 0 Å². The van der Waals surface area contributed by atoms with Crippen LogP contribution in [0.1, 0.15) is 44.9 Å². The van der Waals surface area contributed by atoms with Crippen molar-refractivity contribution in [2.45, 2.75) is 44.9 Å². The molecule has 0 aromatic carbocycles. The lowest BCUT2D eigenvalue weighted by Crippen LogP contribution is -1.66. The van der Waals surface area contributed by atoms with Gasteiger partial charge in [-0.05, 0) is 11.6 Å². The van der Waals surface area contributed by atoms with Crippen LogP contribution in [0.4, 0.5) is 0 Å². The van der Waals surface area contributed by atoms with Crippen molar-refractivity contribution >= 4 is 17.3 Å². The molecule has 1 rings (SSSR count). The molecule has 10 heavy (non-hydrogen) atoms. The van der Waals surface area contributed by atoms with Crippen LogP contribution in [-0.4, -0.2) is 5.75 Å². The molecule has 0 unspecified atom stereocenters. The van der Waals surface area contributed by atoms with E-state index in [9.17, 15) is 0 Å². The highest BCUT2D eigenvalue weighted by atomic mass is 35.5. The van der Waals surface area contributed by atoms with E-state index in [0.717, 1.165) is 0 Å². The van der Waals surface area contributed by atoms with E-state index in [1.54, 1.807) is 0 Å². The molecule has 0 N–H and O–H groups in total. The highest BCUT2D eigenvalue weighted by molar-refractivity contribution is 6.54. The van der Waals surface area contributed by atoms with Gasteiger partial charge in [-0.1, -0.05) is 44.9 Å². The van der Waals surface area contributed by atoms with E-state index in [2.05, 4.69) is 11.6 Å². The molecule has 0 aliphatic heterocycles. The molecule has 1 saturated carbocycles. The summed E-state index contributed by atoms with van der Waals surface area (Å²) in [4.78, 5) is 8.57. The zero-order chi connectivity index (χ0) is 7.66. The van der Waals surface area contributed by atoms with Crippen molar-refractivity contribution < 1.29 is 4.79 Å². The van der Waals surface area contributed by atoms with Crippen LogP contribution < -0.4 is 0 Å². The summed E-state index contributed by atoms with van der Waals surface area (Å²) in [6, 6.07) is 0. The zero-order valence-corrected chi connectivity index (χ0v) is 7.07. The Kier molecular flexibility index (Phi) is 8.92. The minimum Gasteiger partial charge on any atom is -0.285 e. The molecular formula is C8H15ClO. The van der Waals surface area contributed by atoms with Gasteiger partial charge in [0.05, 0.1) is 0 Å². The van der Waals surface area contributed by atoms with Gasteiger partial charge in [0.1, 0.15) is 0 Å². The smallest absolute Gasteiger partial charge is 0.208 e. The Bertz CT molecular complexity index is 54.0. The third kappa shape index (κ3) is 7.96. The zero-order valence-electron chi connectivity index (χ0n) is 6.31. The molecule has 0 aromatic rings. The molecule has 1 fully saturated rings. The van der Waals surface area contributed by atoms with Gasteiger partial charge in [0.15, 0.2) is 0 Å². The standard InChI is InChI=1S/C7H14.CHClO/c1-2-4-6-7-5-3-1;2-1-3/h1-7H2;1H. The molecule has 0 spiro atoms. The van der Waals surface area contributed by atoms with Crippen LogP contribution in [0.25, 0.3) is 0 Å². The molecular weight excluding hydrogens is 148 g/mol. The first kappa shape index (κ1) is 9.96. The summed E-state index contributed by atoms with van der Waals surface area (Å²) >= 11 is 4.32. The second-order valence-electron chi connectivity index (χ2n) is 2.56. The van der Waals surface area contributed by atoms with Crippen LogP contribution in [0.2, 0.25) is 0 Å². The van der Waals surface area contributed by atoms with Gasteiger partial charge in [-0.25, -0.2) is 0 Å². The quantitative estimate of drug-likeness (QED) is 0.304. The van der Waals surface area contributed by atoms with Gasteiger partial charge in [0.25, 0.3) is 0 Å². The van der Waals surface area contributed by atoms with Gasteiger partial charge in [0, 0.05) is 0 Å². The van der Waals surface area contributed by atoms with E-state index in [4.69, 9.17) is 4.79 Å². The average Bonchev–Trinajstić information content (AvgIpc) is 2.17. The van der Waals surface area contributed by atoms with E-state index >= 15 is 0 Å². The third-order valence-corrected chi connectivity index (χ3v) is 1.75. The summed E-state index contributed by atoms with van der Waals surface area (Å²) in [6.45, 7) is 0. The lowest BCUT2D eigenvalue weighted by Gasteiger charge is -1.85. The van der Waals surface area contributed by atoms with Crippen molar-refractivity contribution in [3.8, 4) is 0 Å². The highest BCUT2D eigenvalue weighted by Gasteiger charge is 1.95. The lowest BCUT2D eigenvalue weighted by atomic mass is 10.2. The van der Waals surface area contributed by atoms with Crippen molar-refractivity contribution in [3.63, 3.8) is 0 Å². The minimum absolute atomic E-state index is 0.222. The van der Waals surface area contributed by atoms with Crippen molar-refractivity contribution in [1.82, 2.24) is 0 Å². The largest absolute Gasteiger partial charge is 0.285 e. The van der Waals surface area contributed by atoms with Crippen molar-refractivity contribution in [2.24, 2.45) is 0 Å². The van der Waals surface area contributed by atoms with Crippen molar-refractivity contribution in [3.05, 3.63) is 0 Å². The normalized spacial score (nSPS) is 18.1. The Morgan fingerprint density at radius 3 is 1.00 bits per heavy atom. The molecule has 0 amide bonds. The maximum Gasteiger partial charge on any atom is 0.208 e. The second kappa shape index (κ2) is 8.96. The number of halogens is 1. The van der Waals surface area contributed by atoms with Crippen LogP contribution in [0.15, 0.2) is 0 Å². The minimum atomic E-state index is 0.222. The number of hydrogen-bond acceptors (Lipinski definition) is 1. The fraction of sp³-hybridized carbons (Fsp3) is 0.875. The third-order valence-electron chi connectivity index (χ3n) is 1.75. The summed E-state index contributed by atoms with van der Waals surface area (Å²) in [5, 5.41) is 0. The summed E-state index contributed by atoms with van der Waals surface area (Å²) in [5.74, 6) is 0.222. The highest BCUT2D eigenvalue weighted by Crippen LogP contribution is 2.15. The first-order chi connectivity index (χ1) is 4.91. The van der Waals surface area contributed by atoms with E-state index in [0.29, 0.717) is 0 Å². The summed E-state index contributed by atoms with van der Waals surface area (Å²) < 4.78 is 0. The SMILES string of the molecule is C1CCCCCC1.O=CCl. The fourth-order valence-electron chi connectivity index (χ4n) is 1.24. The maximum atomic E-state index is 8.57. The Labute approximate surface area is 67.8 Å². The molecule has 60 valence electrons. The summed E-state index contributed by atoms with van der Waals surface area (Å²) in [5.41, 5.74) is 0. The predicted octanol–water partition coefficient (Wildman–Crippen LogP) is 3.15. The lowest BCUT2D eigenvalue weighted by molar-refractivity contribution is 0.569. The number of hydrogen-bond donors (Lipinski definition) is 0. The van der Waals surface area contributed by atoms with Gasteiger partial charge in [-0.3, -0.25) is 4.79 Å². The summed E-state index contributed by atoms with van der Waals surface area (Å²) in [7, 11) is 0. The molecule has 1 aliphatic rings. The monoisotopic (exact) mass is 162 g/mol. The number of carbonyl (C=O) groups excluding carboxylic acids is 1. The molecule has 0 radical (unpaired) electrons. The molecule has 2 heteroatoms. The van der Waals surface area contributed by atoms with E-state index in [1.807, 2.05) is 0 Å².